The first kappa shape index (κ1) is 7.76. The van der Waals surface area contributed by atoms with Gasteiger partial charge in [-0.3, -0.25) is 4.68 Å². The molecule has 2 rings (SSSR count). The Hall–Kier alpha value is -0.870. The van der Waals surface area contributed by atoms with Crippen LogP contribution in [0.3, 0.4) is 0 Å². The summed E-state index contributed by atoms with van der Waals surface area (Å²) in [5, 5.41) is 13.0. The van der Waals surface area contributed by atoms with E-state index in [0.29, 0.717) is 12.1 Å². The fourth-order valence-electron chi connectivity index (χ4n) is 1.51. The molecule has 1 heterocycles. The second-order valence-electron chi connectivity index (χ2n) is 3.33. The number of aliphatic hydroxyl groups excluding tert-OH is 1. The molecule has 0 spiro atoms. The topological polar surface area (TPSA) is 64.1 Å². The van der Waals surface area contributed by atoms with Crippen molar-refractivity contribution in [3.05, 3.63) is 18.0 Å². The molecule has 1 fully saturated rings. The summed E-state index contributed by atoms with van der Waals surface area (Å²) in [4.78, 5) is 0. The average Bonchev–Trinajstić information content (AvgIpc) is 2.46. The van der Waals surface area contributed by atoms with Gasteiger partial charge in [-0.25, -0.2) is 0 Å². The van der Waals surface area contributed by atoms with Gasteiger partial charge < -0.3 is 10.8 Å². The third kappa shape index (κ3) is 1.23. The number of hydrogen-bond donors (Lipinski definition) is 2. The van der Waals surface area contributed by atoms with Gasteiger partial charge in [0.25, 0.3) is 0 Å². The number of nitrogens with two attached hydrogens (primary N) is 1. The zero-order chi connectivity index (χ0) is 8.55. The smallest absolute Gasteiger partial charge is 0.0879 e. The maximum Gasteiger partial charge on any atom is 0.0879 e. The van der Waals surface area contributed by atoms with Gasteiger partial charge in [0.1, 0.15) is 0 Å². The maximum atomic E-state index is 8.77. The van der Waals surface area contributed by atoms with E-state index in [4.69, 9.17) is 10.8 Å². The molecule has 12 heavy (non-hydrogen) atoms. The van der Waals surface area contributed by atoms with Gasteiger partial charge in [-0.2, -0.15) is 5.10 Å². The third-order valence-corrected chi connectivity index (χ3v) is 2.35. The number of aliphatic hydroxyl groups is 1. The molecular formula is C8H13N3O. The van der Waals surface area contributed by atoms with E-state index in [2.05, 4.69) is 5.10 Å². The van der Waals surface area contributed by atoms with Crippen molar-refractivity contribution in [1.82, 2.24) is 9.78 Å². The Balaban J connectivity index is 2.04. The van der Waals surface area contributed by atoms with Crippen LogP contribution in [0.2, 0.25) is 0 Å². The van der Waals surface area contributed by atoms with Crippen molar-refractivity contribution < 1.29 is 5.11 Å². The van der Waals surface area contributed by atoms with Gasteiger partial charge in [-0.1, -0.05) is 0 Å². The second kappa shape index (κ2) is 2.88. The molecule has 1 aliphatic carbocycles. The van der Waals surface area contributed by atoms with E-state index < -0.39 is 0 Å². The Kier molecular flexibility index (Phi) is 1.86. The zero-order valence-electron chi connectivity index (χ0n) is 6.85. The molecule has 1 saturated carbocycles. The summed E-state index contributed by atoms with van der Waals surface area (Å²) in [6.07, 6.45) is 3.92. The predicted molar refractivity (Wildman–Crippen MR) is 44.4 cm³/mol. The molecule has 0 bridgehead atoms. The van der Waals surface area contributed by atoms with Crippen molar-refractivity contribution >= 4 is 0 Å². The molecule has 1 aromatic heterocycles. The van der Waals surface area contributed by atoms with E-state index in [-0.39, 0.29) is 6.61 Å². The predicted octanol–water partition coefficient (Wildman–Crippen LogP) is 0.0376. The van der Waals surface area contributed by atoms with Crippen molar-refractivity contribution in [3.8, 4) is 0 Å². The highest BCUT2D eigenvalue weighted by Gasteiger charge is 2.27. The van der Waals surface area contributed by atoms with Crippen molar-refractivity contribution in [2.24, 2.45) is 5.73 Å². The highest BCUT2D eigenvalue weighted by atomic mass is 16.3. The van der Waals surface area contributed by atoms with Gasteiger partial charge in [-0.05, 0) is 18.9 Å². The number of hydrogen-bond acceptors (Lipinski definition) is 3. The Morgan fingerprint density at radius 1 is 1.67 bits per heavy atom. The molecule has 3 N–H and O–H groups in total. The summed E-state index contributed by atoms with van der Waals surface area (Å²) >= 11 is 0. The van der Waals surface area contributed by atoms with Crippen molar-refractivity contribution in [1.29, 1.82) is 0 Å². The van der Waals surface area contributed by atoms with E-state index in [1.54, 1.807) is 0 Å². The van der Waals surface area contributed by atoms with Crippen LogP contribution in [0.4, 0.5) is 0 Å². The quantitative estimate of drug-likeness (QED) is 0.653. The van der Waals surface area contributed by atoms with Gasteiger partial charge in [0.05, 0.1) is 18.3 Å². The van der Waals surface area contributed by atoms with Gasteiger partial charge in [0.2, 0.25) is 0 Å². The first-order valence-corrected chi connectivity index (χ1v) is 4.20. The van der Waals surface area contributed by atoms with Crippen molar-refractivity contribution in [2.75, 3.05) is 0 Å². The Bertz CT molecular complexity index is 265. The zero-order valence-corrected chi connectivity index (χ0v) is 6.85. The van der Waals surface area contributed by atoms with Gasteiger partial charge in [0.15, 0.2) is 0 Å². The summed E-state index contributed by atoms with van der Waals surface area (Å²) < 4.78 is 1.90. The monoisotopic (exact) mass is 167 g/mol. The molecule has 1 aromatic rings. The van der Waals surface area contributed by atoms with Crippen LogP contribution >= 0.6 is 0 Å². The van der Waals surface area contributed by atoms with Crippen LogP contribution in [0.5, 0.6) is 0 Å². The minimum Gasteiger partial charge on any atom is -0.390 e. The number of rotatable bonds is 2. The van der Waals surface area contributed by atoms with E-state index in [1.807, 2.05) is 16.9 Å². The molecule has 0 atom stereocenters. The van der Waals surface area contributed by atoms with Crippen LogP contribution in [0, 0.1) is 0 Å². The van der Waals surface area contributed by atoms with E-state index in [1.165, 1.54) is 0 Å². The Labute approximate surface area is 71.0 Å². The van der Waals surface area contributed by atoms with Gasteiger partial charge >= 0.3 is 0 Å². The molecule has 4 heteroatoms. The SMILES string of the molecule is NC1CC(n2ccc(CO)n2)C1. The molecule has 0 saturated heterocycles. The summed E-state index contributed by atoms with van der Waals surface area (Å²) in [6.45, 7) is 0.0196. The van der Waals surface area contributed by atoms with Crippen LogP contribution in [0.15, 0.2) is 12.3 Å². The summed E-state index contributed by atoms with van der Waals surface area (Å²) in [7, 11) is 0. The third-order valence-electron chi connectivity index (χ3n) is 2.35. The minimum absolute atomic E-state index is 0.0196. The second-order valence-corrected chi connectivity index (χ2v) is 3.33. The van der Waals surface area contributed by atoms with Crippen LogP contribution in [0.25, 0.3) is 0 Å². The summed E-state index contributed by atoms with van der Waals surface area (Å²) in [5.74, 6) is 0. The largest absolute Gasteiger partial charge is 0.390 e. The lowest BCUT2D eigenvalue weighted by molar-refractivity contribution is 0.238. The first-order chi connectivity index (χ1) is 5.79. The molecule has 0 aromatic carbocycles. The van der Waals surface area contributed by atoms with E-state index >= 15 is 0 Å². The summed E-state index contributed by atoms with van der Waals surface area (Å²) in [6, 6.07) is 2.64. The van der Waals surface area contributed by atoms with Crippen molar-refractivity contribution in [3.63, 3.8) is 0 Å². The van der Waals surface area contributed by atoms with Crippen LogP contribution < -0.4 is 5.73 Å². The number of nitrogens with zero attached hydrogens (tertiary/aromatic N) is 2. The standard InChI is InChI=1S/C8H13N3O/c9-6-3-8(4-6)11-2-1-7(5-12)10-11/h1-2,6,8,12H,3-5,9H2. The van der Waals surface area contributed by atoms with E-state index in [0.717, 1.165) is 18.5 Å². The van der Waals surface area contributed by atoms with Crippen molar-refractivity contribution in [2.45, 2.75) is 31.5 Å². The molecule has 0 unspecified atom stereocenters. The lowest BCUT2D eigenvalue weighted by Crippen LogP contribution is -2.37. The molecule has 0 radical (unpaired) electrons. The lowest BCUT2D eigenvalue weighted by Gasteiger charge is -2.32. The Morgan fingerprint density at radius 3 is 2.92 bits per heavy atom. The fraction of sp³-hybridized carbons (Fsp3) is 0.625. The normalized spacial score (nSPS) is 28.5. The van der Waals surface area contributed by atoms with Gasteiger partial charge in [0, 0.05) is 12.2 Å². The van der Waals surface area contributed by atoms with Crippen LogP contribution in [0.1, 0.15) is 24.6 Å². The Morgan fingerprint density at radius 2 is 2.42 bits per heavy atom. The molecular weight excluding hydrogens is 154 g/mol. The average molecular weight is 167 g/mol. The van der Waals surface area contributed by atoms with Gasteiger partial charge in [-0.15, -0.1) is 0 Å². The lowest BCUT2D eigenvalue weighted by atomic mass is 9.88. The molecule has 1 aliphatic rings. The molecule has 0 amide bonds. The van der Waals surface area contributed by atoms with E-state index in [9.17, 15) is 0 Å². The van der Waals surface area contributed by atoms with Crippen LogP contribution in [-0.2, 0) is 6.61 Å². The number of aromatic nitrogens is 2. The maximum absolute atomic E-state index is 8.77. The van der Waals surface area contributed by atoms with Crippen LogP contribution in [-0.4, -0.2) is 20.9 Å². The minimum atomic E-state index is 0.0196. The molecule has 66 valence electrons. The molecule has 0 aliphatic heterocycles. The molecule has 4 nitrogen and oxygen atoms in total. The fourth-order valence-corrected chi connectivity index (χ4v) is 1.51. The summed E-state index contributed by atoms with van der Waals surface area (Å²) in [5.41, 5.74) is 6.39. The first-order valence-electron chi connectivity index (χ1n) is 4.20. The highest BCUT2D eigenvalue weighted by molar-refractivity contribution is 4.99. The highest BCUT2D eigenvalue weighted by Crippen LogP contribution is 2.29.